The maximum absolute atomic E-state index is 12.6. The van der Waals surface area contributed by atoms with E-state index >= 15 is 0 Å². The minimum absolute atomic E-state index is 0. The molecule has 2 saturated heterocycles. The normalized spacial score (nSPS) is 16.3. The summed E-state index contributed by atoms with van der Waals surface area (Å²) in [6.07, 6.45) is 5.12. The number of carbonyl (C=O) groups is 1. The maximum Gasteiger partial charge on any atom is 0.223 e. The molecule has 0 saturated carbocycles. The fourth-order valence-electron chi connectivity index (χ4n) is 4.36. The lowest BCUT2D eigenvalue weighted by Crippen LogP contribution is -2.48. The summed E-state index contributed by atoms with van der Waals surface area (Å²) in [6, 6.07) is 16.1. The average Bonchev–Trinajstić information content (AvgIpc) is 2.79. The molecule has 2 fully saturated rings. The Hall–Kier alpha value is -2.11. The van der Waals surface area contributed by atoms with Crippen molar-refractivity contribution in [1.82, 2.24) is 4.90 Å². The molecule has 7 heteroatoms. The van der Waals surface area contributed by atoms with Gasteiger partial charge in [-0.15, -0.1) is 24.8 Å². The van der Waals surface area contributed by atoms with E-state index < -0.39 is 0 Å². The van der Waals surface area contributed by atoms with E-state index in [1.54, 1.807) is 0 Å². The van der Waals surface area contributed by atoms with Gasteiger partial charge in [0.1, 0.15) is 5.75 Å². The third-order valence-corrected chi connectivity index (χ3v) is 6.12. The number of anilines is 2. The fraction of sp³-hybridized carbons (Fsp3) is 0.458. The summed E-state index contributed by atoms with van der Waals surface area (Å²) in [5.74, 6) is 0.550. The van der Waals surface area contributed by atoms with Crippen molar-refractivity contribution < 1.29 is 9.90 Å². The van der Waals surface area contributed by atoms with E-state index in [2.05, 4.69) is 28.0 Å². The molecule has 2 heterocycles. The molecule has 5 nitrogen and oxygen atoms in total. The Morgan fingerprint density at radius 2 is 1.48 bits per heavy atom. The number of aromatic hydroxyl groups is 1. The van der Waals surface area contributed by atoms with E-state index in [1.807, 2.05) is 35.2 Å². The predicted octanol–water partition coefficient (Wildman–Crippen LogP) is 4.51. The zero-order valence-electron chi connectivity index (χ0n) is 17.9. The highest BCUT2D eigenvalue weighted by molar-refractivity contribution is 5.85. The van der Waals surface area contributed by atoms with Crippen LogP contribution in [0, 0.1) is 0 Å². The Bertz CT molecular complexity index is 821. The number of halogens is 2. The van der Waals surface area contributed by atoms with Gasteiger partial charge in [-0.1, -0.05) is 30.3 Å². The van der Waals surface area contributed by atoms with Gasteiger partial charge in [-0.25, -0.2) is 0 Å². The number of amides is 1. The summed E-state index contributed by atoms with van der Waals surface area (Å²) in [5.41, 5.74) is 3.29. The van der Waals surface area contributed by atoms with E-state index in [-0.39, 0.29) is 30.7 Å². The van der Waals surface area contributed by atoms with E-state index in [9.17, 15) is 9.90 Å². The molecule has 0 radical (unpaired) electrons. The van der Waals surface area contributed by atoms with Crippen molar-refractivity contribution in [2.24, 2.45) is 0 Å². The van der Waals surface area contributed by atoms with Gasteiger partial charge in [-0.05, 0) is 49.4 Å². The second-order valence-electron chi connectivity index (χ2n) is 8.07. The molecule has 0 aromatic heterocycles. The van der Waals surface area contributed by atoms with Crippen molar-refractivity contribution in [2.45, 2.75) is 32.1 Å². The first-order valence-electron chi connectivity index (χ1n) is 10.9. The molecule has 0 spiro atoms. The van der Waals surface area contributed by atoms with Crippen LogP contribution in [-0.4, -0.2) is 55.2 Å². The van der Waals surface area contributed by atoms with Crippen LogP contribution in [0.2, 0.25) is 0 Å². The van der Waals surface area contributed by atoms with Gasteiger partial charge < -0.3 is 19.8 Å². The summed E-state index contributed by atoms with van der Waals surface area (Å²) >= 11 is 0. The molecule has 170 valence electrons. The average molecular weight is 466 g/mol. The molecule has 2 aliphatic rings. The number of aryl methyl sites for hydroxylation is 1. The molecular weight excluding hydrogens is 433 g/mol. The van der Waals surface area contributed by atoms with Gasteiger partial charge in [-0.2, -0.15) is 0 Å². The number of benzene rings is 2. The molecule has 0 aliphatic carbocycles. The molecule has 2 aromatic rings. The van der Waals surface area contributed by atoms with Gasteiger partial charge in [-0.3, -0.25) is 4.79 Å². The molecule has 31 heavy (non-hydrogen) atoms. The minimum Gasteiger partial charge on any atom is -0.506 e. The number of rotatable bonds is 5. The number of piperazine rings is 1. The lowest BCUT2D eigenvalue weighted by Gasteiger charge is -2.37. The van der Waals surface area contributed by atoms with Crippen LogP contribution in [0.3, 0.4) is 0 Å². The zero-order valence-corrected chi connectivity index (χ0v) is 19.5. The Morgan fingerprint density at radius 3 is 2.16 bits per heavy atom. The highest BCUT2D eigenvalue weighted by Crippen LogP contribution is 2.33. The quantitative estimate of drug-likeness (QED) is 0.705. The number of piperidine rings is 1. The zero-order chi connectivity index (χ0) is 20.1. The molecule has 1 N–H and O–H groups in total. The minimum atomic E-state index is 0. The van der Waals surface area contributed by atoms with Crippen LogP contribution in [0.25, 0.3) is 0 Å². The van der Waals surface area contributed by atoms with Crippen LogP contribution in [0.5, 0.6) is 5.75 Å². The highest BCUT2D eigenvalue weighted by Gasteiger charge is 2.23. The number of hydrogen-bond donors (Lipinski definition) is 1. The van der Waals surface area contributed by atoms with Crippen LogP contribution in [0.4, 0.5) is 11.4 Å². The molecule has 2 aromatic carbocycles. The fourth-order valence-corrected chi connectivity index (χ4v) is 4.36. The first-order valence-corrected chi connectivity index (χ1v) is 10.9. The Kier molecular flexibility index (Phi) is 9.79. The second-order valence-corrected chi connectivity index (χ2v) is 8.07. The van der Waals surface area contributed by atoms with E-state index in [1.165, 1.54) is 30.5 Å². The van der Waals surface area contributed by atoms with Gasteiger partial charge >= 0.3 is 0 Å². The third-order valence-electron chi connectivity index (χ3n) is 6.12. The van der Waals surface area contributed by atoms with Gasteiger partial charge in [0.15, 0.2) is 0 Å². The van der Waals surface area contributed by atoms with E-state index in [0.717, 1.165) is 38.3 Å². The molecule has 4 rings (SSSR count). The van der Waals surface area contributed by atoms with Crippen molar-refractivity contribution in [1.29, 1.82) is 0 Å². The van der Waals surface area contributed by atoms with Crippen molar-refractivity contribution in [3.63, 3.8) is 0 Å². The summed E-state index contributed by atoms with van der Waals surface area (Å²) in [4.78, 5) is 19.2. The number of phenolic OH excluding ortho intramolecular Hbond substituents is 1. The molecule has 2 aliphatic heterocycles. The molecule has 0 unspecified atom stereocenters. The van der Waals surface area contributed by atoms with Crippen LogP contribution in [0.15, 0.2) is 48.5 Å². The summed E-state index contributed by atoms with van der Waals surface area (Å²) in [6.45, 7) is 5.12. The summed E-state index contributed by atoms with van der Waals surface area (Å²) in [7, 11) is 0. The van der Waals surface area contributed by atoms with Crippen molar-refractivity contribution in [3.05, 3.63) is 54.1 Å². The van der Waals surface area contributed by atoms with Crippen molar-refractivity contribution in [2.75, 3.05) is 49.1 Å². The predicted molar refractivity (Wildman–Crippen MR) is 132 cm³/mol. The van der Waals surface area contributed by atoms with Crippen molar-refractivity contribution in [3.8, 4) is 5.75 Å². The lowest BCUT2D eigenvalue weighted by molar-refractivity contribution is -0.131. The largest absolute Gasteiger partial charge is 0.506 e. The van der Waals surface area contributed by atoms with Crippen LogP contribution in [0.1, 0.15) is 31.2 Å². The number of carbonyl (C=O) groups excluding carboxylic acids is 1. The van der Waals surface area contributed by atoms with E-state index in [4.69, 9.17) is 0 Å². The van der Waals surface area contributed by atoms with Gasteiger partial charge in [0.2, 0.25) is 5.91 Å². The van der Waals surface area contributed by atoms with Gasteiger partial charge in [0.05, 0.1) is 5.69 Å². The molecule has 1 amide bonds. The lowest BCUT2D eigenvalue weighted by atomic mass is 10.1. The first kappa shape index (κ1) is 25.2. The Morgan fingerprint density at radius 1 is 0.806 bits per heavy atom. The standard InChI is InChI=1S/C24H31N3O2.2ClH/c28-23-11-10-21(25-13-5-2-6-14-25)19-22(23)26-15-17-27(18-16-26)24(29)12-9-20-7-3-1-4-8-20;;/h1,3-4,7-8,10-11,19,28H,2,5-6,9,12-18H2;2*1H. The van der Waals surface area contributed by atoms with E-state index in [0.29, 0.717) is 25.3 Å². The SMILES string of the molecule is Cl.Cl.O=C(CCc1ccccc1)N1CCN(c2cc(N3CCCCC3)ccc2O)CC1. The van der Waals surface area contributed by atoms with Crippen LogP contribution in [-0.2, 0) is 11.2 Å². The smallest absolute Gasteiger partial charge is 0.223 e. The monoisotopic (exact) mass is 465 g/mol. The third kappa shape index (κ3) is 6.44. The maximum atomic E-state index is 12.6. The first-order chi connectivity index (χ1) is 14.2. The topological polar surface area (TPSA) is 47.0 Å². The number of nitrogens with zero attached hydrogens (tertiary/aromatic N) is 3. The van der Waals surface area contributed by atoms with Crippen LogP contribution < -0.4 is 9.80 Å². The van der Waals surface area contributed by atoms with Crippen LogP contribution >= 0.6 is 24.8 Å². The highest BCUT2D eigenvalue weighted by atomic mass is 35.5. The molecule has 0 bridgehead atoms. The molecular formula is C24H33Cl2N3O2. The Labute approximate surface area is 197 Å². The van der Waals surface area contributed by atoms with Gasteiger partial charge in [0.25, 0.3) is 0 Å². The Balaban J connectivity index is 0.00000171. The molecule has 0 atom stereocenters. The summed E-state index contributed by atoms with van der Waals surface area (Å²) < 4.78 is 0. The van der Waals surface area contributed by atoms with Crippen molar-refractivity contribution >= 4 is 42.1 Å². The number of phenols is 1. The van der Waals surface area contributed by atoms with Gasteiger partial charge in [0, 0.05) is 51.4 Å². The summed E-state index contributed by atoms with van der Waals surface area (Å²) in [5, 5.41) is 10.4. The second kappa shape index (κ2) is 12.1. The number of hydrogen-bond acceptors (Lipinski definition) is 4.